The highest BCUT2D eigenvalue weighted by atomic mass is 16.6. The molecule has 0 spiro atoms. The number of anilines is 1. The Hall–Kier alpha value is -1.48. The summed E-state index contributed by atoms with van der Waals surface area (Å²) < 4.78 is 12.7. The third-order valence-electron chi connectivity index (χ3n) is 5.26. The van der Waals surface area contributed by atoms with Gasteiger partial charge in [0.15, 0.2) is 5.72 Å². The largest absolute Gasteiger partial charge is 0.393 e. The summed E-state index contributed by atoms with van der Waals surface area (Å²) in [6.07, 6.45) is 1.43. The van der Waals surface area contributed by atoms with Crippen molar-refractivity contribution in [3.8, 4) is 0 Å². The molecule has 1 aliphatic rings. The number of nitrogens with two attached hydrogens (primary N) is 1. The van der Waals surface area contributed by atoms with Crippen molar-refractivity contribution >= 4 is 5.82 Å². The summed E-state index contributed by atoms with van der Waals surface area (Å²) in [6.45, 7) is 5.84. The van der Waals surface area contributed by atoms with Gasteiger partial charge in [-0.1, -0.05) is 0 Å². The molecule has 0 aromatic carbocycles. The Morgan fingerprint density at radius 3 is 2.45 bits per heavy atom. The van der Waals surface area contributed by atoms with Crippen molar-refractivity contribution in [2.75, 3.05) is 19.5 Å². The maximum Gasteiger partial charge on any atom is 0.351 e. The van der Waals surface area contributed by atoms with Gasteiger partial charge in [0.25, 0.3) is 0 Å². The van der Waals surface area contributed by atoms with Crippen LogP contribution in [0.25, 0.3) is 0 Å². The molecule has 22 heavy (non-hydrogen) atoms. The monoisotopic (exact) mass is 313 g/mol. The Morgan fingerprint density at radius 2 is 2.00 bits per heavy atom. The van der Waals surface area contributed by atoms with Crippen molar-refractivity contribution in [3.63, 3.8) is 0 Å². The summed E-state index contributed by atoms with van der Waals surface area (Å²) in [5.41, 5.74) is -0.780. The lowest BCUT2D eigenvalue weighted by atomic mass is 9.73. The standard InChI is InChI=1S/C14H23N3O5/c1-11(8-18)12(2,20)13(3,21-5)14(4,22-11)17-7-6-9(15)16-10(17)19/h6-7,18,20H,8H2,1-5H3,(H2,15,16,19)/t11-,12?,13-,14-/m1/s1. The molecule has 2 rings (SSSR count). The maximum absolute atomic E-state index is 12.2. The summed E-state index contributed by atoms with van der Waals surface area (Å²) >= 11 is 0. The van der Waals surface area contributed by atoms with E-state index in [0.717, 1.165) is 0 Å². The number of hydrogen-bond donors (Lipinski definition) is 3. The lowest BCUT2D eigenvalue weighted by Crippen LogP contribution is -2.64. The maximum atomic E-state index is 12.2. The van der Waals surface area contributed by atoms with Crippen LogP contribution in [0.4, 0.5) is 5.82 Å². The Bertz CT molecular complexity index is 646. The van der Waals surface area contributed by atoms with Gasteiger partial charge in [0.2, 0.25) is 0 Å². The number of aromatic nitrogens is 2. The molecule has 1 aromatic heterocycles. The van der Waals surface area contributed by atoms with Crippen LogP contribution in [0.1, 0.15) is 27.7 Å². The minimum Gasteiger partial charge on any atom is -0.393 e. The molecule has 0 aliphatic carbocycles. The quantitative estimate of drug-likeness (QED) is 0.684. The predicted octanol–water partition coefficient (Wildman–Crippen LogP) is -0.564. The minimum absolute atomic E-state index is 0.0821. The zero-order valence-corrected chi connectivity index (χ0v) is 13.5. The van der Waals surface area contributed by atoms with Crippen LogP contribution < -0.4 is 11.4 Å². The van der Waals surface area contributed by atoms with Crippen molar-refractivity contribution in [3.05, 3.63) is 22.7 Å². The van der Waals surface area contributed by atoms with Crippen LogP contribution in [0.3, 0.4) is 0 Å². The van der Waals surface area contributed by atoms with Gasteiger partial charge in [-0.05, 0) is 33.8 Å². The van der Waals surface area contributed by atoms with Crippen LogP contribution in [-0.2, 0) is 15.2 Å². The number of hydrogen-bond acceptors (Lipinski definition) is 7. The second-order valence-corrected chi connectivity index (χ2v) is 6.29. The first-order valence-corrected chi connectivity index (χ1v) is 6.93. The van der Waals surface area contributed by atoms with Gasteiger partial charge in [0, 0.05) is 13.3 Å². The molecule has 1 saturated heterocycles. The average Bonchev–Trinajstić information content (AvgIpc) is 2.56. The third-order valence-corrected chi connectivity index (χ3v) is 5.26. The fourth-order valence-corrected chi connectivity index (χ4v) is 3.19. The van der Waals surface area contributed by atoms with Crippen LogP contribution in [-0.4, -0.2) is 50.3 Å². The van der Waals surface area contributed by atoms with Gasteiger partial charge in [-0.25, -0.2) is 4.79 Å². The van der Waals surface area contributed by atoms with Gasteiger partial charge in [-0.2, -0.15) is 4.98 Å². The van der Waals surface area contributed by atoms with Crippen LogP contribution in [0, 0.1) is 0 Å². The molecule has 1 fully saturated rings. The predicted molar refractivity (Wildman–Crippen MR) is 79.2 cm³/mol. The second kappa shape index (κ2) is 4.76. The molecular formula is C14H23N3O5. The zero-order valence-electron chi connectivity index (χ0n) is 13.5. The van der Waals surface area contributed by atoms with E-state index in [4.69, 9.17) is 15.2 Å². The summed E-state index contributed by atoms with van der Waals surface area (Å²) in [4.78, 5) is 15.9. The highest BCUT2D eigenvalue weighted by molar-refractivity contribution is 5.26. The number of nitrogens with zero attached hydrogens (tertiary/aromatic N) is 2. The van der Waals surface area contributed by atoms with Gasteiger partial charge in [0.05, 0.1) is 6.61 Å². The number of rotatable bonds is 3. The van der Waals surface area contributed by atoms with E-state index < -0.39 is 34.8 Å². The number of nitrogen functional groups attached to an aromatic ring is 1. The number of ether oxygens (including phenoxy) is 2. The molecule has 1 unspecified atom stereocenters. The molecule has 0 saturated carbocycles. The van der Waals surface area contributed by atoms with E-state index in [2.05, 4.69) is 4.98 Å². The Morgan fingerprint density at radius 1 is 1.41 bits per heavy atom. The average molecular weight is 313 g/mol. The van der Waals surface area contributed by atoms with Crippen molar-refractivity contribution in [2.24, 2.45) is 0 Å². The molecule has 8 nitrogen and oxygen atoms in total. The van der Waals surface area contributed by atoms with Gasteiger partial charge >= 0.3 is 5.69 Å². The van der Waals surface area contributed by atoms with Crippen molar-refractivity contribution in [1.82, 2.24) is 9.55 Å². The molecule has 2 heterocycles. The van der Waals surface area contributed by atoms with Gasteiger partial charge in [0.1, 0.15) is 22.6 Å². The summed E-state index contributed by atoms with van der Waals surface area (Å²) in [5, 5.41) is 20.7. The molecule has 1 aliphatic heterocycles. The minimum atomic E-state index is -1.58. The van der Waals surface area contributed by atoms with E-state index in [1.165, 1.54) is 30.9 Å². The Balaban J connectivity index is 2.75. The van der Waals surface area contributed by atoms with Crippen LogP contribution in [0.15, 0.2) is 17.1 Å². The van der Waals surface area contributed by atoms with E-state index in [9.17, 15) is 15.0 Å². The van der Waals surface area contributed by atoms with E-state index in [1.807, 2.05) is 0 Å². The lowest BCUT2D eigenvalue weighted by Gasteiger charge is -2.45. The normalized spacial score (nSPS) is 41.8. The van der Waals surface area contributed by atoms with Gasteiger partial charge in [-0.15, -0.1) is 0 Å². The van der Waals surface area contributed by atoms with Crippen molar-refractivity contribution in [1.29, 1.82) is 0 Å². The second-order valence-electron chi connectivity index (χ2n) is 6.29. The SMILES string of the molecule is CO[C@]1(C)C(C)(O)[C@@](C)(CO)O[C@@]1(C)n1ccc(N)nc1=O. The van der Waals surface area contributed by atoms with E-state index in [0.29, 0.717) is 0 Å². The lowest BCUT2D eigenvalue weighted by molar-refractivity contribution is -0.207. The summed E-state index contributed by atoms with van der Waals surface area (Å²) in [7, 11) is 1.41. The number of methoxy groups -OCH3 is 1. The van der Waals surface area contributed by atoms with Crippen molar-refractivity contribution in [2.45, 2.75) is 50.2 Å². The number of aliphatic hydroxyl groups excluding tert-OH is 1. The zero-order chi connectivity index (χ0) is 17.0. The van der Waals surface area contributed by atoms with E-state index >= 15 is 0 Å². The number of aliphatic hydroxyl groups is 2. The fourth-order valence-electron chi connectivity index (χ4n) is 3.19. The molecule has 0 amide bonds. The highest BCUT2D eigenvalue weighted by Crippen LogP contribution is 2.55. The fraction of sp³-hybridized carbons (Fsp3) is 0.714. The molecule has 8 heteroatoms. The van der Waals surface area contributed by atoms with Gasteiger partial charge in [-0.3, -0.25) is 4.57 Å². The molecule has 1 aromatic rings. The van der Waals surface area contributed by atoms with Crippen LogP contribution >= 0.6 is 0 Å². The van der Waals surface area contributed by atoms with Crippen molar-refractivity contribution < 1.29 is 19.7 Å². The molecule has 0 radical (unpaired) electrons. The topological polar surface area (TPSA) is 120 Å². The van der Waals surface area contributed by atoms with Crippen LogP contribution in [0.5, 0.6) is 0 Å². The first-order valence-electron chi connectivity index (χ1n) is 6.93. The molecule has 124 valence electrons. The molecule has 4 N–H and O–H groups in total. The molecular weight excluding hydrogens is 290 g/mol. The first kappa shape index (κ1) is 16.9. The van der Waals surface area contributed by atoms with E-state index in [-0.39, 0.29) is 5.82 Å². The Kier molecular flexibility index (Phi) is 3.65. The first-order chi connectivity index (χ1) is 9.99. The molecule has 4 atom stereocenters. The smallest absolute Gasteiger partial charge is 0.351 e. The third kappa shape index (κ3) is 1.78. The van der Waals surface area contributed by atoms with Crippen LogP contribution in [0.2, 0.25) is 0 Å². The summed E-state index contributed by atoms with van der Waals surface area (Å²) in [5.74, 6) is 0.0821. The van der Waals surface area contributed by atoms with Gasteiger partial charge < -0.3 is 25.4 Å². The van der Waals surface area contributed by atoms with E-state index in [1.54, 1.807) is 20.8 Å². The summed E-state index contributed by atoms with van der Waals surface area (Å²) in [6, 6.07) is 1.45. The molecule has 0 bridgehead atoms. The Labute approximate surface area is 128 Å². The highest BCUT2D eigenvalue weighted by Gasteiger charge is 2.73.